The van der Waals surface area contributed by atoms with Crippen molar-refractivity contribution in [3.05, 3.63) is 24.3 Å². The monoisotopic (exact) mass is 206 g/mol. The molecule has 0 atom stereocenters. The fourth-order valence-corrected chi connectivity index (χ4v) is 1.82. The zero-order chi connectivity index (χ0) is 11.1. The molecule has 0 spiro atoms. The fourth-order valence-electron chi connectivity index (χ4n) is 1.82. The van der Waals surface area contributed by atoms with Gasteiger partial charge in [0.1, 0.15) is 0 Å². The van der Waals surface area contributed by atoms with Gasteiger partial charge in [0.15, 0.2) is 0 Å². The van der Waals surface area contributed by atoms with Gasteiger partial charge in [0.25, 0.3) is 0 Å². The van der Waals surface area contributed by atoms with Crippen LogP contribution in [0.2, 0.25) is 0 Å². The number of hydrogen-bond acceptors (Lipinski definition) is 2. The highest BCUT2D eigenvalue weighted by Crippen LogP contribution is 2.22. The summed E-state index contributed by atoms with van der Waals surface area (Å²) in [6.45, 7) is 2.36. The second-order valence-electron chi connectivity index (χ2n) is 4.37. The Kier molecular flexibility index (Phi) is 5.02. The van der Waals surface area contributed by atoms with Crippen molar-refractivity contribution >= 4 is 11.4 Å². The highest BCUT2D eigenvalue weighted by molar-refractivity contribution is 5.62. The average molecular weight is 206 g/mol. The van der Waals surface area contributed by atoms with Gasteiger partial charge in [-0.1, -0.05) is 51.2 Å². The lowest BCUT2D eigenvalue weighted by Gasteiger charge is -2.15. The van der Waals surface area contributed by atoms with Gasteiger partial charge in [-0.05, 0) is 18.1 Å². The Hall–Kier alpha value is -1.18. The van der Waals surface area contributed by atoms with Crippen LogP contribution in [0.5, 0.6) is 0 Å². The summed E-state index contributed by atoms with van der Waals surface area (Å²) in [5, 5.41) is 0. The van der Waals surface area contributed by atoms with Crippen molar-refractivity contribution in [3.8, 4) is 0 Å². The van der Waals surface area contributed by atoms with E-state index in [9.17, 15) is 0 Å². The molecule has 2 rings (SSSR count). The molecule has 15 heavy (non-hydrogen) atoms. The number of hydrogen-bond donors (Lipinski definition) is 2. The summed E-state index contributed by atoms with van der Waals surface area (Å²) >= 11 is 0. The molecule has 0 aliphatic heterocycles. The van der Waals surface area contributed by atoms with E-state index in [1.54, 1.807) is 12.1 Å². The van der Waals surface area contributed by atoms with Gasteiger partial charge >= 0.3 is 0 Å². The molecule has 1 aromatic rings. The van der Waals surface area contributed by atoms with Crippen molar-refractivity contribution in [2.75, 3.05) is 11.5 Å². The first-order valence-corrected chi connectivity index (χ1v) is 5.80. The molecule has 0 radical (unpaired) electrons. The highest BCUT2D eigenvalue weighted by Gasteiger charge is 2.05. The van der Waals surface area contributed by atoms with Crippen LogP contribution in [0.3, 0.4) is 0 Å². The molecule has 1 aromatic carbocycles. The van der Waals surface area contributed by atoms with E-state index in [-0.39, 0.29) is 0 Å². The lowest BCUT2D eigenvalue weighted by Crippen LogP contribution is -1.99. The third-order valence-corrected chi connectivity index (χ3v) is 2.89. The van der Waals surface area contributed by atoms with Gasteiger partial charge in [0.05, 0.1) is 11.4 Å². The lowest BCUT2D eigenvalue weighted by atomic mass is 9.91. The second-order valence-corrected chi connectivity index (χ2v) is 4.37. The molecule has 0 heterocycles. The largest absolute Gasteiger partial charge is 0.397 e. The Labute approximate surface area is 92.7 Å². The minimum atomic E-state index is 0.646. The van der Waals surface area contributed by atoms with Crippen molar-refractivity contribution in [1.82, 2.24) is 0 Å². The summed E-state index contributed by atoms with van der Waals surface area (Å²) < 4.78 is 0. The Morgan fingerprint density at radius 2 is 1.40 bits per heavy atom. The van der Waals surface area contributed by atoms with Crippen LogP contribution in [0.15, 0.2) is 24.3 Å². The van der Waals surface area contributed by atoms with Crippen LogP contribution in [0.25, 0.3) is 0 Å². The highest BCUT2D eigenvalue weighted by atomic mass is 14.7. The molecule has 2 nitrogen and oxygen atoms in total. The minimum Gasteiger partial charge on any atom is -0.397 e. The van der Waals surface area contributed by atoms with Crippen molar-refractivity contribution in [3.63, 3.8) is 0 Å². The fraction of sp³-hybridized carbons (Fsp3) is 0.538. The third kappa shape index (κ3) is 4.73. The van der Waals surface area contributed by atoms with Crippen LogP contribution in [-0.4, -0.2) is 0 Å². The Morgan fingerprint density at radius 1 is 0.933 bits per heavy atom. The maximum Gasteiger partial charge on any atom is 0.0547 e. The predicted octanol–water partition coefficient (Wildman–Crippen LogP) is 3.44. The van der Waals surface area contributed by atoms with E-state index < -0.39 is 0 Å². The lowest BCUT2D eigenvalue weighted by molar-refractivity contribution is 0.385. The maximum atomic E-state index is 5.39. The molecule has 0 aromatic heterocycles. The molecule has 1 aliphatic rings. The predicted molar refractivity (Wildman–Crippen MR) is 67.5 cm³/mol. The number of anilines is 2. The third-order valence-electron chi connectivity index (χ3n) is 2.89. The summed E-state index contributed by atoms with van der Waals surface area (Å²) in [6.07, 6.45) is 7.44. The standard InChI is InChI=1S/C7H14.C6H8N2/c1-7-5-3-2-4-6-7;7-5-3-1-2-4-6(5)8/h7H,2-6H2,1H3;1-4H,7-8H2. The zero-order valence-corrected chi connectivity index (χ0v) is 9.58. The number of para-hydroxylation sites is 2. The molecule has 2 heteroatoms. The van der Waals surface area contributed by atoms with E-state index in [2.05, 4.69) is 6.92 Å². The molecular weight excluding hydrogens is 184 g/mol. The summed E-state index contributed by atoms with van der Waals surface area (Å²) in [6, 6.07) is 7.25. The topological polar surface area (TPSA) is 52.0 Å². The normalized spacial score (nSPS) is 16.6. The molecule has 84 valence electrons. The molecule has 0 bridgehead atoms. The molecule has 1 fully saturated rings. The Morgan fingerprint density at radius 3 is 1.67 bits per heavy atom. The van der Waals surface area contributed by atoms with Crippen LogP contribution in [0.1, 0.15) is 39.0 Å². The van der Waals surface area contributed by atoms with Gasteiger partial charge in [-0.3, -0.25) is 0 Å². The van der Waals surface area contributed by atoms with E-state index in [0.29, 0.717) is 11.4 Å². The van der Waals surface area contributed by atoms with E-state index in [4.69, 9.17) is 11.5 Å². The molecule has 0 saturated heterocycles. The first-order valence-electron chi connectivity index (χ1n) is 5.80. The van der Waals surface area contributed by atoms with E-state index in [1.165, 1.54) is 32.1 Å². The quantitative estimate of drug-likeness (QED) is 0.639. The number of rotatable bonds is 0. The van der Waals surface area contributed by atoms with E-state index >= 15 is 0 Å². The Balaban J connectivity index is 0.000000151. The number of nitrogens with two attached hydrogens (primary N) is 2. The zero-order valence-electron chi connectivity index (χ0n) is 9.58. The molecular formula is C13H22N2. The van der Waals surface area contributed by atoms with Gasteiger partial charge in [0.2, 0.25) is 0 Å². The van der Waals surface area contributed by atoms with Crippen LogP contribution < -0.4 is 11.5 Å². The summed E-state index contributed by atoms with van der Waals surface area (Å²) in [4.78, 5) is 0. The number of nitrogen functional groups attached to an aromatic ring is 2. The van der Waals surface area contributed by atoms with Crippen LogP contribution in [0, 0.1) is 5.92 Å². The van der Waals surface area contributed by atoms with Gasteiger partial charge in [-0.25, -0.2) is 0 Å². The van der Waals surface area contributed by atoms with Crippen molar-refractivity contribution < 1.29 is 0 Å². The van der Waals surface area contributed by atoms with Gasteiger partial charge in [-0.2, -0.15) is 0 Å². The van der Waals surface area contributed by atoms with Crippen molar-refractivity contribution in [2.24, 2.45) is 5.92 Å². The second kappa shape index (κ2) is 6.33. The summed E-state index contributed by atoms with van der Waals surface area (Å²) in [5.41, 5.74) is 12.1. The van der Waals surface area contributed by atoms with Crippen molar-refractivity contribution in [2.45, 2.75) is 39.0 Å². The van der Waals surface area contributed by atoms with Crippen molar-refractivity contribution in [1.29, 1.82) is 0 Å². The van der Waals surface area contributed by atoms with Gasteiger partial charge in [-0.15, -0.1) is 0 Å². The maximum absolute atomic E-state index is 5.39. The smallest absolute Gasteiger partial charge is 0.0547 e. The minimum absolute atomic E-state index is 0.646. The molecule has 1 saturated carbocycles. The first-order chi connectivity index (χ1) is 7.20. The van der Waals surface area contributed by atoms with Crippen LogP contribution >= 0.6 is 0 Å². The van der Waals surface area contributed by atoms with E-state index in [1.807, 2.05) is 12.1 Å². The SMILES string of the molecule is CC1CCCCC1.Nc1ccccc1N. The van der Waals surface area contributed by atoms with Gasteiger partial charge in [0, 0.05) is 0 Å². The summed E-state index contributed by atoms with van der Waals surface area (Å²) in [5.74, 6) is 1.04. The molecule has 4 N–H and O–H groups in total. The average Bonchev–Trinajstić information content (AvgIpc) is 2.25. The van der Waals surface area contributed by atoms with Gasteiger partial charge < -0.3 is 11.5 Å². The van der Waals surface area contributed by atoms with E-state index in [0.717, 1.165) is 5.92 Å². The van der Waals surface area contributed by atoms with Crippen LogP contribution in [0.4, 0.5) is 11.4 Å². The molecule has 1 aliphatic carbocycles. The molecule has 0 unspecified atom stereocenters. The Bertz CT molecular complexity index is 257. The number of benzene rings is 1. The first kappa shape index (κ1) is 11.9. The summed E-state index contributed by atoms with van der Waals surface area (Å²) in [7, 11) is 0. The molecule has 0 amide bonds. The van der Waals surface area contributed by atoms with Crippen LogP contribution in [-0.2, 0) is 0 Å².